The van der Waals surface area contributed by atoms with E-state index in [1.165, 1.54) is 24.3 Å². The monoisotopic (exact) mass is 426 g/mol. The van der Waals surface area contributed by atoms with Crippen LogP contribution in [0.2, 0.25) is 0 Å². The predicted octanol–water partition coefficient (Wildman–Crippen LogP) is 3.98. The molecule has 0 aromatic heterocycles. The summed E-state index contributed by atoms with van der Waals surface area (Å²) in [5, 5.41) is 2.80. The zero-order valence-corrected chi connectivity index (χ0v) is 17.8. The van der Waals surface area contributed by atoms with Crippen LogP contribution in [0.25, 0.3) is 0 Å². The zero-order valence-electron chi connectivity index (χ0n) is 17.8. The first-order chi connectivity index (χ1) is 14.8. The van der Waals surface area contributed by atoms with E-state index in [9.17, 15) is 18.8 Å². The van der Waals surface area contributed by atoms with Crippen molar-refractivity contribution in [2.75, 3.05) is 25.0 Å². The van der Waals surface area contributed by atoms with Crippen molar-refractivity contribution in [1.82, 2.24) is 4.90 Å². The number of carbonyl (C=O) groups excluding carboxylic acids is 3. The summed E-state index contributed by atoms with van der Waals surface area (Å²) in [7, 11) is 0. The van der Waals surface area contributed by atoms with Crippen LogP contribution in [0.4, 0.5) is 10.1 Å². The molecule has 2 aromatic carbocycles. The third kappa shape index (κ3) is 5.90. The molecule has 0 saturated carbocycles. The average molecular weight is 426 g/mol. The van der Waals surface area contributed by atoms with E-state index in [0.717, 1.165) is 5.56 Å². The van der Waals surface area contributed by atoms with Crippen LogP contribution in [-0.4, -0.2) is 42.4 Å². The summed E-state index contributed by atoms with van der Waals surface area (Å²) in [5.41, 5.74) is 2.15. The summed E-state index contributed by atoms with van der Waals surface area (Å²) >= 11 is 0. The van der Waals surface area contributed by atoms with Gasteiger partial charge in [0.25, 0.3) is 11.8 Å². The number of anilines is 1. The maximum absolute atomic E-state index is 13.0. The lowest BCUT2D eigenvalue weighted by molar-refractivity contribution is -0.152. The smallest absolute Gasteiger partial charge is 0.309 e. The summed E-state index contributed by atoms with van der Waals surface area (Å²) in [6.45, 7) is 4.55. The van der Waals surface area contributed by atoms with E-state index in [1.54, 1.807) is 4.90 Å². The third-order valence-corrected chi connectivity index (χ3v) is 5.41. The number of carbonyl (C=O) groups is 3. The maximum Gasteiger partial charge on any atom is 0.309 e. The molecule has 3 rings (SSSR count). The molecule has 2 aromatic rings. The highest BCUT2D eigenvalue weighted by molar-refractivity contribution is 5.95. The van der Waals surface area contributed by atoms with Crippen LogP contribution in [0.5, 0.6) is 0 Å². The van der Waals surface area contributed by atoms with Crippen LogP contribution < -0.4 is 5.32 Å². The molecule has 164 valence electrons. The Kier molecular flexibility index (Phi) is 7.39. The van der Waals surface area contributed by atoms with Crippen molar-refractivity contribution in [2.24, 2.45) is 5.92 Å². The molecule has 0 aliphatic carbocycles. The predicted molar refractivity (Wildman–Crippen MR) is 115 cm³/mol. The molecule has 1 fully saturated rings. The standard InChI is InChI=1S/C24H27FN2O4/c1-16(2)20-5-3-4-6-21(20)26-22(28)15-31-24(30)18-11-13-27(14-12-18)23(29)17-7-9-19(25)10-8-17/h3-10,16,18H,11-15H2,1-2H3,(H,26,28). The minimum atomic E-state index is -0.429. The Hall–Kier alpha value is -3.22. The van der Waals surface area contributed by atoms with Crippen molar-refractivity contribution in [3.63, 3.8) is 0 Å². The Balaban J connectivity index is 1.45. The van der Waals surface area contributed by atoms with Crippen LogP contribution in [-0.2, 0) is 14.3 Å². The van der Waals surface area contributed by atoms with E-state index >= 15 is 0 Å². The molecule has 1 N–H and O–H groups in total. The Labute approximate surface area is 181 Å². The van der Waals surface area contributed by atoms with Crippen molar-refractivity contribution < 1.29 is 23.5 Å². The van der Waals surface area contributed by atoms with E-state index in [0.29, 0.717) is 37.2 Å². The van der Waals surface area contributed by atoms with Gasteiger partial charge < -0.3 is 15.0 Å². The number of nitrogens with zero attached hydrogens (tertiary/aromatic N) is 1. The van der Waals surface area contributed by atoms with Crippen LogP contribution in [0.15, 0.2) is 48.5 Å². The van der Waals surface area contributed by atoms with Crippen molar-refractivity contribution in [2.45, 2.75) is 32.6 Å². The van der Waals surface area contributed by atoms with Crippen LogP contribution in [0.3, 0.4) is 0 Å². The summed E-state index contributed by atoms with van der Waals surface area (Å²) in [5.74, 6) is -1.49. The molecule has 0 bridgehead atoms. The van der Waals surface area contributed by atoms with Gasteiger partial charge in [-0.25, -0.2) is 4.39 Å². The lowest BCUT2D eigenvalue weighted by Crippen LogP contribution is -2.41. The molecule has 1 aliphatic heterocycles. The number of piperidine rings is 1. The molecule has 0 atom stereocenters. The second kappa shape index (κ2) is 10.2. The van der Waals surface area contributed by atoms with Gasteiger partial charge in [0.05, 0.1) is 5.92 Å². The number of nitrogens with one attached hydrogen (secondary N) is 1. The van der Waals surface area contributed by atoms with Crippen molar-refractivity contribution >= 4 is 23.5 Å². The average Bonchev–Trinajstić information content (AvgIpc) is 2.78. The first-order valence-corrected chi connectivity index (χ1v) is 10.5. The summed E-state index contributed by atoms with van der Waals surface area (Å²) in [6.07, 6.45) is 0.924. The molecular formula is C24H27FN2O4. The van der Waals surface area contributed by atoms with Crippen molar-refractivity contribution in [3.8, 4) is 0 Å². The summed E-state index contributed by atoms with van der Waals surface area (Å²) < 4.78 is 18.2. The lowest BCUT2D eigenvalue weighted by Gasteiger charge is -2.31. The molecule has 0 spiro atoms. The fourth-order valence-electron chi connectivity index (χ4n) is 3.65. The molecule has 0 radical (unpaired) electrons. The first-order valence-electron chi connectivity index (χ1n) is 10.5. The Morgan fingerprint density at radius 2 is 1.71 bits per heavy atom. The van der Waals surface area contributed by atoms with Gasteiger partial charge in [-0.3, -0.25) is 14.4 Å². The number of benzene rings is 2. The van der Waals surface area contributed by atoms with E-state index in [1.807, 2.05) is 38.1 Å². The number of ether oxygens (including phenoxy) is 1. The van der Waals surface area contributed by atoms with Crippen LogP contribution in [0.1, 0.15) is 48.5 Å². The Morgan fingerprint density at radius 1 is 1.06 bits per heavy atom. The number of para-hydroxylation sites is 1. The van der Waals surface area contributed by atoms with Gasteiger partial charge >= 0.3 is 5.97 Å². The van der Waals surface area contributed by atoms with Crippen molar-refractivity contribution in [1.29, 1.82) is 0 Å². The van der Waals surface area contributed by atoms with Gasteiger partial charge in [-0.05, 0) is 54.7 Å². The highest BCUT2D eigenvalue weighted by Gasteiger charge is 2.29. The highest BCUT2D eigenvalue weighted by atomic mass is 19.1. The molecule has 2 amide bonds. The number of amides is 2. The number of likely N-dealkylation sites (tertiary alicyclic amines) is 1. The topological polar surface area (TPSA) is 75.7 Å². The molecule has 0 unspecified atom stereocenters. The van der Waals surface area contributed by atoms with Gasteiger partial charge in [-0.15, -0.1) is 0 Å². The molecule has 1 heterocycles. The van der Waals surface area contributed by atoms with Gasteiger partial charge in [0.1, 0.15) is 5.82 Å². The fourth-order valence-corrected chi connectivity index (χ4v) is 3.65. The number of hydrogen-bond acceptors (Lipinski definition) is 4. The van der Waals surface area contributed by atoms with E-state index in [4.69, 9.17) is 4.74 Å². The second-order valence-electron chi connectivity index (χ2n) is 7.97. The number of hydrogen-bond donors (Lipinski definition) is 1. The quantitative estimate of drug-likeness (QED) is 0.709. The molecular weight excluding hydrogens is 399 g/mol. The van der Waals surface area contributed by atoms with E-state index in [-0.39, 0.29) is 30.3 Å². The van der Waals surface area contributed by atoms with Gasteiger partial charge in [0, 0.05) is 24.3 Å². The fraction of sp³-hybridized carbons (Fsp3) is 0.375. The minimum Gasteiger partial charge on any atom is -0.455 e. The van der Waals surface area contributed by atoms with E-state index in [2.05, 4.69) is 5.32 Å². The SMILES string of the molecule is CC(C)c1ccccc1NC(=O)COC(=O)C1CCN(C(=O)c2ccc(F)cc2)CC1. The zero-order chi connectivity index (χ0) is 22.4. The Bertz CT molecular complexity index is 935. The third-order valence-electron chi connectivity index (χ3n) is 5.41. The van der Waals surface area contributed by atoms with E-state index < -0.39 is 11.8 Å². The largest absolute Gasteiger partial charge is 0.455 e. The van der Waals surface area contributed by atoms with Gasteiger partial charge in [0.15, 0.2) is 6.61 Å². The maximum atomic E-state index is 13.0. The molecule has 6 nitrogen and oxygen atoms in total. The molecule has 7 heteroatoms. The highest BCUT2D eigenvalue weighted by Crippen LogP contribution is 2.24. The van der Waals surface area contributed by atoms with Crippen LogP contribution in [0, 0.1) is 11.7 Å². The number of rotatable bonds is 6. The van der Waals surface area contributed by atoms with Gasteiger partial charge in [0.2, 0.25) is 0 Å². The Morgan fingerprint density at radius 3 is 2.35 bits per heavy atom. The number of halogens is 1. The summed E-state index contributed by atoms with van der Waals surface area (Å²) in [4.78, 5) is 38.7. The summed E-state index contributed by atoms with van der Waals surface area (Å²) in [6, 6.07) is 12.9. The van der Waals surface area contributed by atoms with Crippen LogP contribution >= 0.6 is 0 Å². The molecule has 1 saturated heterocycles. The second-order valence-corrected chi connectivity index (χ2v) is 7.97. The number of esters is 1. The molecule has 1 aliphatic rings. The minimum absolute atomic E-state index is 0.185. The van der Waals surface area contributed by atoms with Crippen molar-refractivity contribution in [3.05, 3.63) is 65.5 Å². The van der Waals surface area contributed by atoms with Gasteiger partial charge in [-0.2, -0.15) is 0 Å². The first kappa shape index (κ1) is 22.5. The van der Waals surface area contributed by atoms with Gasteiger partial charge in [-0.1, -0.05) is 32.0 Å². The lowest BCUT2D eigenvalue weighted by atomic mass is 9.96. The normalized spacial score (nSPS) is 14.4. The molecule has 31 heavy (non-hydrogen) atoms.